The summed E-state index contributed by atoms with van der Waals surface area (Å²) in [5.41, 5.74) is 1.56. The van der Waals surface area contributed by atoms with Crippen molar-refractivity contribution in [3.8, 4) is 0 Å². The van der Waals surface area contributed by atoms with Gasteiger partial charge in [0.05, 0.1) is 5.56 Å². The molecule has 112 valence electrons. The first-order valence-electron chi connectivity index (χ1n) is 7.09. The van der Waals surface area contributed by atoms with Crippen LogP contribution in [0.1, 0.15) is 37.0 Å². The van der Waals surface area contributed by atoms with Crippen molar-refractivity contribution in [1.82, 2.24) is 9.88 Å². The summed E-state index contributed by atoms with van der Waals surface area (Å²) in [6, 6.07) is 7.68. The van der Waals surface area contributed by atoms with Gasteiger partial charge in [0.1, 0.15) is 0 Å². The van der Waals surface area contributed by atoms with Gasteiger partial charge in [-0.25, -0.2) is 0 Å². The fourth-order valence-electron chi connectivity index (χ4n) is 2.40. The zero-order valence-electron chi connectivity index (χ0n) is 12.3. The number of aromatic amines is 1. The third kappa shape index (κ3) is 3.42. The standard InChI is InChI=1S/C16H20N2O3/c1-11(2)18(9-5-8-15(19)20)16(21)13-10-17-14-7-4-3-6-12(13)14/h3-4,6-7,10-11,17H,5,8-9H2,1-2H3,(H,19,20). The molecule has 0 atom stereocenters. The number of carbonyl (C=O) groups excluding carboxylic acids is 1. The lowest BCUT2D eigenvalue weighted by atomic mass is 10.1. The van der Waals surface area contributed by atoms with Crippen LogP contribution in [-0.4, -0.2) is 39.5 Å². The van der Waals surface area contributed by atoms with E-state index in [2.05, 4.69) is 4.98 Å². The van der Waals surface area contributed by atoms with Gasteiger partial charge in [-0.2, -0.15) is 0 Å². The molecule has 0 saturated heterocycles. The number of hydrogen-bond donors (Lipinski definition) is 2. The van der Waals surface area contributed by atoms with E-state index in [9.17, 15) is 9.59 Å². The minimum absolute atomic E-state index is 0.0277. The molecule has 1 amide bonds. The molecule has 0 saturated carbocycles. The average Bonchev–Trinajstić information content (AvgIpc) is 2.86. The maximum Gasteiger partial charge on any atom is 0.303 e. The molecule has 1 aromatic heterocycles. The second-order valence-electron chi connectivity index (χ2n) is 5.34. The Balaban J connectivity index is 2.20. The highest BCUT2D eigenvalue weighted by atomic mass is 16.4. The third-order valence-corrected chi connectivity index (χ3v) is 3.49. The van der Waals surface area contributed by atoms with Crippen molar-refractivity contribution in [1.29, 1.82) is 0 Å². The van der Waals surface area contributed by atoms with Crippen molar-refractivity contribution >= 4 is 22.8 Å². The number of fused-ring (bicyclic) bond motifs is 1. The van der Waals surface area contributed by atoms with Gasteiger partial charge < -0.3 is 15.0 Å². The molecule has 0 aliphatic rings. The molecular formula is C16H20N2O3. The number of aromatic nitrogens is 1. The fraction of sp³-hybridized carbons (Fsp3) is 0.375. The Labute approximate surface area is 123 Å². The number of carboxylic acid groups (broad SMARTS) is 1. The lowest BCUT2D eigenvalue weighted by Gasteiger charge is -2.26. The van der Waals surface area contributed by atoms with Crippen LogP contribution in [0.3, 0.4) is 0 Å². The van der Waals surface area contributed by atoms with E-state index in [1.165, 1.54) is 0 Å². The predicted molar refractivity (Wildman–Crippen MR) is 81.3 cm³/mol. The number of aliphatic carboxylic acids is 1. The summed E-state index contributed by atoms with van der Waals surface area (Å²) in [7, 11) is 0. The van der Waals surface area contributed by atoms with Crippen molar-refractivity contribution in [2.45, 2.75) is 32.7 Å². The van der Waals surface area contributed by atoms with Crippen LogP contribution >= 0.6 is 0 Å². The van der Waals surface area contributed by atoms with Crippen LogP contribution in [0.15, 0.2) is 30.5 Å². The van der Waals surface area contributed by atoms with E-state index in [1.54, 1.807) is 11.1 Å². The number of benzene rings is 1. The molecule has 1 aromatic carbocycles. The number of nitrogens with one attached hydrogen (secondary N) is 1. The van der Waals surface area contributed by atoms with Crippen LogP contribution in [0.5, 0.6) is 0 Å². The van der Waals surface area contributed by atoms with Crippen molar-refractivity contribution in [3.63, 3.8) is 0 Å². The molecule has 2 aromatic rings. The number of para-hydroxylation sites is 1. The Morgan fingerprint density at radius 2 is 2.00 bits per heavy atom. The Morgan fingerprint density at radius 1 is 1.29 bits per heavy atom. The normalized spacial score (nSPS) is 11.0. The molecule has 2 N–H and O–H groups in total. The Morgan fingerprint density at radius 3 is 2.67 bits per heavy atom. The zero-order chi connectivity index (χ0) is 15.4. The van der Waals surface area contributed by atoms with Gasteiger partial charge in [-0.3, -0.25) is 9.59 Å². The number of carbonyl (C=O) groups is 2. The highest BCUT2D eigenvalue weighted by Crippen LogP contribution is 2.20. The number of nitrogens with zero attached hydrogens (tertiary/aromatic N) is 1. The highest BCUT2D eigenvalue weighted by Gasteiger charge is 2.21. The third-order valence-electron chi connectivity index (χ3n) is 3.49. The van der Waals surface area contributed by atoms with E-state index in [0.717, 1.165) is 10.9 Å². The van der Waals surface area contributed by atoms with Crippen molar-refractivity contribution in [2.75, 3.05) is 6.54 Å². The highest BCUT2D eigenvalue weighted by molar-refractivity contribution is 6.06. The van der Waals surface area contributed by atoms with E-state index in [4.69, 9.17) is 5.11 Å². The maximum atomic E-state index is 12.7. The topological polar surface area (TPSA) is 73.4 Å². The molecule has 21 heavy (non-hydrogen) atoms. The number of carboxylic acids is 1. The number of amides is 1. The molecule has 5 heteroatoms. The summed E-state index contributed by atoms with van der Waals surface area (Å²) in [5.74, 6) is -0.897. The van der Waals surface area contributed by atoms with E-state index >= 15 is 0 Å². The van der Waals surface area contributed by atoms with Crippen LogP contribution in [0.25, 0.3) is 10.9 Å². The number of H-pyrrole nitrogens is 1. The maximum absolute atomic E-state index is 12.7. The second kappa shape index (κ2) is 6.43. The minimum Gasteiger partial charge on any atom is -0.481 e. The van der Waals surface area contributed by atoms with E-state index in [1.807, 2.05) is 38.1 Å². The van der Waals surface area contributed by atoms with Crippen LogP contribution < -0.4 is 0 Å². The molecule has 2 rings (SSSR count). The Kier molecular flexibility index (Phi) is 4.62. The van der Waals surface area contributed by atoms with Crippen molar-refractivity contribution in [2.24, 2.45) is 0 Å². The SMILES string of the molecule is CC(C)N(CCCC(=O)O)C(=O)c1c[nH]c2ccccc12. The quantitative estimate of drug-likeness (QED) is 0.858. The van der Waals surface area contributed by atoms with Gasteiger partial charge in [0.25, 0.3) is 5.91 Å². The summed E-state index contributed by atoms with van der Waals surface area (Å²) in [6.07, 6.45) is 2.26. The lowest BCUT2D eigenvalue weighted by Crippen LogP contribution is -2.37. The first-order chi connectivity index (χ1) is 10.0. The molecular weight excluding hydrogens is 268 g/mol. The van der Waals surface area contributed by atoms with Gasteiger partial charge in [0.2, 0.25) is 0 Å². The van der Waals surface area contributed by atoms with Gasteiger partial charge in [-0.15, -0.1) is 0 Å². The van der Waals surface area contributed by atoms with Gasteiger partial charge >= 0.3 is 5.97 Å². The van der Waals surface area contributed by atoms with Gasteiger partial charge in [0, 0.05) is 36.1 Å². The van der Waals surface area contributed by atoms with Gasteiger partial charge in [-0.05, 0) is 26.3 Å². The first kappa shape index (κ1) is 15.1. The van der Waals surface area contributed by atoms with Crippen molar-refractivity contribution < 1.29 is 14.7 Å². The van der Waals surface area contributed by atoms with Crippen LogP contribution in [0, 0.1) is 0 Å². The first-order valence-corrected chi connectivity index (χ1v) is 7.09. The number of rotatable bonds is 6. The molecule has 0 bridgehead atoms. The summed E-state index contributed by atoms with van der Waals surface area (Å²) < 4.78 is 0. The Bertz CT molecular complexity index is 646. The monoisotopic (exact) mass is 288 g/mol. The second-order valence-corrected chi connectivity index (χ2v) is 5.34. The molecule has 0 aliphatic heterocycles. The number of hydrogen-bond acceptors (Lipinski definition) is 2. The van der Waals surface area contributed by atoms with Crippen LogP contribution in [0.4, 0.5) is 0 Å². The van der Waals surface area contributed by atoms with E-state index < -0.39 is 5.97 Å². The molecule has 0 fully saturated rings. The molecule has 1 heterocycles. The van der Waals surface area contributed by atoms with Gasteiger partial charge in [0.15, 0.2) is 0 Å². The average molecular weight is 288 g/mol. The predicted octanol–water partition coefficient (Wildman–Crippen LogP) is 2.88. The van der Waals surface area contributed by atoms with E-state index in [-0.39, 0.29) is 18.4 Å². The summed E-state index contributed by atoms with van der Waals surface area (Å²) in [5, 5.41) is 9.62. The zero-order valence-corrected chi connectivity index (χ0v) is 12.3. The lowest BCUT2D eigenvalue weighted by molar-refractivity contribution is -0.137. The molecule has 5 nitrogen and oxygen atoms in total. The van der Waals surface area contributed by atoms with Crippen LogP contribution in [0.2, 0.25) is 0 Å². The molecule has 0 radical (unpaired) electrons. The molecule has 0 spiro atoms. The fourth-order valence-corrected chi connectivity index (χ4v) is 2.40. The minimum atomic E-state index is -0.835. The van der Waals surface area contributed by atoms with Gasteiger partial charge in [-0.1, -0.05) is 18.2 Å². The molecule has 0 aliphatic carbocycles. The summed E-state index contributed by atoms with van der Waals surface area (Å²) >= 11 is 0. The summed E-state index contributed by atoms with van der Waals surface area (Å²) in [6.45, 7) is 4.32. The Hall–Kier alpha value is -2.30. The van der Waals surface area contributed by atoms with Crippen LogP contribution in [-0.2, 0) is 4.79 Å². The van der Waals surface area contributed by atoms with Crippen molar-refractivity contribution in [3.05, 3.63) is 36.0 Å². The van der Waals surface area contributed by atoms with E-state index in [0.29, 0.717) is 18.5 Å². The molecule has 0 unspecified atom stereocenters. The smallest absolute Gasteiger partial charge is 0.303 e. The summed E-state index contributed by atoms with van der Waals surface area (Å²) in [4.78, 5) is 28.1. The largest absolute Gasteiger partial charge is 0.481 e.